The molecule has 1 aromatic carbocycles. The number of aryl methyl sites for hydroxylation is 1. The van der Waals surface area contributed by atoms with Crippen molar-refractivity contribution in [2.45, 2.75) is 27.7 Å². The predicted octanol–water partition coefficient (Wildman–Crippen LogP) is 2.17. The summed E-state index contributed by atoms with van der Waals surface area (Å²) in [7, 11) is 1.00. The Bertz CT molecular complexity index is 247. The molecule has 0 saturated carbocycles. The molecule has 0 bridgehead atoms. The first-order valence-electron chi connectivity index (χ1n) is 5.79. The highest BCUT2D eigenvalue weighted by Gasteiger charge is 1.81. The Balaban J connectivity index is -0.000000187. The molecule has 106 valence electrons. The van der Waals surface area contributed by atoms with Gasteiger partial charge in [-0.15, -0.1) is 0 Å². The van der Waals surface area contributed by atoms with Crippen LogP contribution in [0.4, 0.5) is 0 Å². The van der Waals surface area contributed by atoms with Crippen LogP contribution in [0.2, 0.25) is 0 Å². The number of benzene rings is 1. The summed E-state index contributed by atoms with van der Waals surface area (Å²) in [6, 6.07) is 10.3. The van der Waals surface area contributed by atoms with Crippen LogP contribution in [-0.4, -0.2) is 36.5 Å². The van der Waals surface area contributed by atoms with E-state index in [1.54, 1.807) is 13.8 Å². The third-order valence-electron chi connectivity index (χ3n) is 1.29. The lowest BCUT2D eigenvalue weighted by Crippen LogP contribution is -1.95. The summed E-state index contributed by atoms with van der Waals surface area (Å²) >= 11 is 0. The van der Waals surface area contributed by atoms with E-state index in [9.17, 15) is 4.79 Å². The van der Waals surface area contributed by atoms with E-state index in [1.807, 2.05) is 18.2 Å². The van der Waals surface area contributed by atoms with Gasteiger partial charge in [-0.05, 0) is 20.8 Å². The number of rotatable bonds is 1. The zero-order valence-corrected chi connectivity index (χ0v) is 12.0. The standard InChI is InChI=1S/C7H8.C4H8O2.C2H6O.CH4O/c1-7-5-3-2-4-6-7;1-3-6-4(2)5;1-2-3;1-2/h2-6H,1H3;3H2,1-2H3;3H,2H2,1H3;2H,1H3. The molecule has 4 heteroatoms. The van der Waals surface area contributed by atoms with Crippen LogP contribution in [0.15, 0.2) is 30.3 Å². The van der Waals surface area contributed by atoms with Gasteiger partial charge in [0, 0.05) is 20.6 Å². The van der Waals surface area contributed by atoms with Gasteiger partial charge in [0.25, 0.3) is 0 Å². The van der Waals surface area contributed by atoms with E-state index in [1.165, 1.54) is 12.5 Å². The van der Waals surface area contributed by atoms with Gasteiger partial charge in [-0.25, -0.2) is 0 Å². The van der Waals surface area contributed by atoms with Crippen LogP contribution >= 0.6 is 0 Å². The maximum atomic E-state index is 9.82. The van der Waals surface area contributed by atoms with E-state index in [4.69, 9.17) is 10.2 Å². The molecule has 1 rings (SSSR count). The van der Waals surface area contributed by atoms with Crippen LogP contribution in [0.1, 0.15) is 26.3 Å². The van der Waals surface area contributed by atoms with E-state index in [-0.39, 0.29) is 12.6 Å². The third kappa shape index (κ3) is 29.3. The molecule has 18 heavy (non-hydrogen) atoms. The van der Waals surface area contributed by atoms with Crippen LogP contribution < -0.4 is 0 Å². The summed E-state index contributed by atoms with van der Waals surface area (Å²) in [6.07, 6.45) is 0. The van der Waals surface area contributed by atoms with Crippen molar-refractivity contribution in [2.75, 3.05) is 20.3 Å². The normalized spacial score (nSPS) is 7.28. The molecule has 0 radical (unpaired) electrons. The van der Waals surface area contributed by atoms with Gasteiger partial charge in [0.1, 0.15) is 0 Å². The highest BCUT2D eigenvalue weighted by Crippen LogP contribution is 1.92. The Hall–Kier alpha value is -1.39. The molecule has 0 aliphatic carbocycles. The smallest absolute Gasteiger partial charge is 0.302 e. The zero-order valence-electron chi connectivity index (χ0n) is 12.0. The second-order valence-corrected chi connectivity index (χ2v) is 2.90. The highest BCUT2D eigenvalue weighted by molar-refractivity contribution is 5.65. The van der Waals surface area contributed by atoms with Crippen molar-refractivity contribution in [3.8, 4) is 0 Å². The number of hydrogen-bond acceptors (Lipinski definition) is 4. The van der Waals surface area contributed by atoms with Crippen molar-refractivity contribution in [1.82, 2.24) is 0 Å². The lowest BCUT2D eigenvalue weighted by Gasteiger charge is -1.89. The molecule has 4 nitrogen and oxygen atoms in total. The van der Waals surface area contributed by atoms with Crippen molar-refractivity contribution in [3.05, 3.63) is 35.9 Å². The fourth-order valence-electron chi connectivity index (χ4n) is 0.738. The number of carbonyl (C=O) groups excluding carboxylic acids is 1. The van der Waals surface area contributed by atoms with Crippen molar-refractivity contribution in [2.24, 2.45) is 0 Å². The molecule has 0 spiro atoms. The number of aliphatic hydroxyl groups is 2. The molecule has 0 heterocycles. The van der Waals surface area contributed by atoms with Crippen molar-refractivity contribution in [3.63, 3.8) is 0 Å². The molecule has 2 N–H and O–H groups in total. The SMILES string of the molecule is CCO.CCOC(C)=O.CO.Cc1ccccc1. The molecule has 0 fully saturated rings. The fraction of sp³-hybridized carbons (Fsp3) is 0.500. The molecular weight excluding hydrogens is 232 g/mol. The third-order valence-corrected chi connectivity index (χ3v) is 1.29. The second kappa shape index (κ2) is 21.0. The van der Waals surface area contributed by atoms with Crippen LogP contribution in [0.5, 0.6) is 0 Å². The Kier molecular flexibility index (Phi) is 25.4. The molecule has 1 aromatic rings. The highest BCUT2D eigenvalue weighted by atomic mass is 16.5. The lowest BCUT2D eigenvalue weighted by molar-refractivity contribution is -0.140. The summed E-state index contributed by atoms with van der Waals surface area (Å²) in [5.74, 6) is -0.211. The van der Waals surface area contributed by atoms with Crippen molar-refractivity contribution in [1.29, 1.82) is 0 Å². The van der Waals surface area contributed by atoms with Gasteiger partial charge < -0.3 is 14.9 Å². The first-order chi connectivity index (χ1) is 8.58. The summed E-state index contributed by atoms with van der Waals surface area (Å²) in [5.41, 5.74) is 1.32. The summed E-state index contributed by atoms with van der Waals surface area (Å²) in [4.78, 5) is 9.82. The number of hydrogen-bond donors (Lipinski definition) is 2. The van der Waals surface area contributed by atoms with Gasteiger partial charge in [-0.2, -0.15) is 0 Å². The molecule has 0 saturated heterocycles. The lowest BCUT2D eigenvalue weighted by atomic mass is 10.2. The maximum Gasteiger partial charge on any atom is 0.302 e. The van der Waals surface area contributed by atoms with E-state index in [0.29, 0.717) is 6.61 Å². The first-order valence-corrected chi connectivity index (χ1v) is 5.79. The van der Waals surface area contributed by atoms with Crippen LogP contribution in [0, 0.1) is 6.92 Å². The zero-order chi connectivity index (χ0) is 14.8. The van der Waals surface area contributed by atoms with Gasteiger partial charge in [-0.3, -0.25) is 4.79 Å². The van der Waals surface area contributed by atoms with Crippen LogP contribution in [0.25, 0.3) is 0 Å². The van der Waals surface area contributed by atoms with E-state index >= 15 is 0 Å². The topological polar surface area (TPSA) is 66.8 Å². The number of carbonyl (C=O) groups is 1. The second-order valence-electron chi connectivity index (χ2n) is 2.90. The van der Waals surface area contributed by atoms with Crippen molar-refractivity contribution >= 4 is 5.97 Å². The number of esters is 1. The monoisotopic (exact) mass is 258 g/mol. The molecular formula is C14H26O4. The Morgan fingerprint density at radius 2 is 1.56 bits per heavy atom. The molecule has 0 atom stereocenters. The van der Waals surface area contributed by atoms with Crippen LogP contribution in [-0.2, 0) is 9.53 Å². The largest absolute Gasteiger partial charge is 0.466 e. The average Bonchev–Trinajstić information content (AvgIpc) is 2.34. The minimum absolute atomic E-state index is 0.211. The molecule has 0 aliphatic rings. The number of ether oxygens (including phenoxy) is 1. The van der Waals surface area contributed by atoms with Gasteiger partial charge in [0.2, 0.25) is 0 Å². The van der Waals surface area contributed by atoms with Gasteiger partial charge >= 0.3 is 5.97 Å². The van der Waals surface area contributed by atoms with E-state index in [2.05, 4.69) is 23.8 Å². The summed E-state index contributed by atoms with van der Waals surface area (Å²) < 4.78 is 4.40. The van der Waals surface area contributed by atoms with Gasteiger partial charge in [-0.1, -0.05) is 35.9 Å². The molecule has 0 amide bonds. The van der Waals surface area contributed by atoms with Crippen LogP contribution in [0.3, 0.4) is 0 Å². The maximum absolute atomic E-state index is 9.82. The Labute approximate surface area is 110 Å². The van der Waals surface area contributed by atoms with E-state index in [0.717, 1.165) is 7.11 Å². The minimum atomic E-state index is -0.211. The Morgan fingerprint density at radius 3 is 1.67 bits per heavy atom. The van der Waals surface area contributed by atoms with Gasteiger partial charge in [0.15, 0.2) is 0 Å². The number of aliphatic hydroxyl groups excluding tert-OH is 2. The predicted molar refractivity (Wildman–Crippen MR) is 74.4 cm³/mol. The first kappa shape index (κ1) is 21.9. The van der Waals surface area contributed by atoms with E-state index < -0.39 is 0 Å². The molecule has 0 aromatic heterocycles. The summed E-state index contributed by atoms with van der Waals surface area (Å²) in [6.45, 7) is 7.67. The van der Waals surface area contributed by atoms with Gasteiger partial charge in [0.05, 0.1) is 6.61 Å². The molecule has 0 aliphatic heterocycles. The van der Waals surface area contributed by atoms with Crippen molar-refractivity contribution < 1.29 is 19.7 Å². The average molecular weight is 258 g/mol. The Morgan fingerprint density at radius 1 is 1.17 bits per heavy atom. The summed E-state index contributed by atoms with van der Waals surface area (Å²) in [5, 5.41) is 14.6. The molecule has 0 unspecified atom stereocenters. The quantitative estimate of drug-likeness (QED) is 0.758. The minimum Gasteiger partial charge on any atom is -0.466 e. The fourth-order valence-corrected chi connectivity index (χ4v) is 0.738.